The van der Waals surface area contributed by atoms with Crippen LogP contribution in [-0.2, 0) is 0 Å². The number of hydrogen-bond acceptors (Lipinski definition) is 0. The van der Waals surface area contributed by atoms with Crippen molar-refractivity contribution in [2.24, 2.45) is 0 Å². The number of halogens is 3. The van der Waals surface area contributed by atoms with Crippen molar-refractivity contribution in [3.05, 3.63) is 7.43 Å². The maximum absolute atomic E-state index is 2.50. The van der Waals surface area contributed by atoms with E-state index < -0.39 is 4.42 Å². The van der Waals surface area contributed by atoms with Gasteiger partial charge in [0.15, 0.2) is 0 Å². The zero-order chi connectivity index (χ0) is 3.58. The van der Waals surface area contributed by atoms with Crippen molar-refractivity contribution >= 4 is 65.1 Å². The molecule has 0 unspecified atom stereocenters. The average molecular weight is 469 g/mol. The molecule has 0 heterocycles. The Morgan fingerprint density at radius 2 is 1.00 bits per heavy atom. The Hall–Kier alpha value is 2.73. The first-order valence-electron chi connectivity index (χ1n) is 0.655. The standard InChI is InChI=1S/CH3.GeHI3/c;2-1(3)4/h1H3;1H. The fourth-order valence-electron chi connectivity index (χ4n) is 0. The summed E-state index contributed by atoms with van der Waals surface area (Å²) in [5.74, 6) is 0. The van der Waals surface area contributed by atoms with Gasteiger partial charge in [0.1, 0.15) is 0 Å². The minimum atomic E-state index is -0.569. The molecule has 0 aromatic heterocycles. The quantitative estimate of drug-likeness (QED) is 0.378. The molecule has 0 aromatic rings. The topological polar surface area (TPSA) is 0 Å². The second-order valence-corrected chi connectivity index (χ2v) is 57.9. The first-order valence-corrected chi connectivity index (χ1v) is 22.8. The molecule has 0 aliphatic rings. The fourth-order valence-corrected chi connectivity index (χ4v) is 0. The third kappa shape index (κ3) is 20.2. The van der Waals surface area contributed by atoms with E-state index in [0.29, 0.717) is 0 Å². The van der Waals surface area contributed by atoms with Gasteiger partial charge in [-0.3, -0.25) is 0 Å². The van der Waals surface area contributed by atoms with E-state index in [-0.39, 0.29) is 7.43 Å². The van der Waals surface area contributed by atoms with Crippen molar-refractivity contribution in [3.63, 3.8) is 0 Å². The second-order valence-electron chi connectivity index (χ2n) is 0.247. The molecule has 0 atom stereocenters. The van der Waals surface area contributed by atoms with Crippen molar-refractivity contribution in [3.8, 4) is 0 Å². The molecule has 0 nitrogen and oxygen atoms in total. The van der Waals surface area contributed by atoms with Gasteiger partial charge in [0.25, 0.3) is 0 Å². The van der Waals surface area contributed by atoms with Crippen LogP contribution in [0, 0.1) is 7.43 Å². The van der Waals surface area contributed by atoms with Crippen LogP contribution >= 0.6 is 60.6 Å². The van der Waals surface area contributed by atoms with E-state index in [1.807, 2.05) is 0 Å². The van der Waals surface area contributed by atoms with Gasteiger partial charge in [0, 0.05) is 0 Å². The second kappa shape index (κ2) is 6.73. The number of hydrogen-bond donors (Lipinski definition) is 0. The van der Waals surface area contributed by atoms with Crippen LogP contribution in [0.15, 0.2) is 0 Å². The SMILES string of the molecule is [CH3].[I][GeH]([I])[I]. The Labute approximate surface area is 70.8 Å². The molecule has 0 bridgehead atoms. The summed E-state index contributed by atoms with van der Waals surface area (Å²) in [5, 5.41) is 0. The zero-order valence-corrected chi connectivity index (χ0v) is 11.6. The van der Waals surface area contributed by atoms with Crippen LogP contribution in [-0.4, -0.2) is 4.42 Å². The van der Waals surface area contributed by atoms with E-state index in [0.717, 1.165) is 0 Å². The predicted octanol–water partition coefficient (Wildman–Crippen LogP) is 2.46. The van der Waals surface area contributed by atoms with Crippen LogP contribution in [0.2, 0.25) is 0 Å². The normalized spacial score (nSPS) is 7.20. The first-order chi connectivity index (χ1) is 1.73. The summed E-state index contributed by atoms with van der Waals surface area (Å²) in [4.78, 5) is 0. The van der Waals surface area contributed by atoms with Crippen LogP contribution in [0.5, 0.6) is 0 Å². The van der Waals surface area contributed by atoms with Crippen molar-refractivity contribution in [2.45, 2.75) is 0 Å². The molecule has 1 radical (unpaired) electrons. The van der Waals surface area contributed by atoms with Crippen molar-refractivity contribution in [1.29, 1.82) is 0 Å². The Kier molecular flexibility index (Phi) is 14.4. The molecule has 0 N–H and O–H groups in total. The van der Waals surface area contributed by atoms with Gasteiger partial charge < -0.3 is 0 Å². The predicted molar refractivity (Wildman–Crippen MR) is 55.6 cm³/mol. The molecule has 0 spiro atoms. The Morgan fingerprint density at radius 3 is 1.00 bits per heavy atom. The molecule has 5 heavy (non-hydrogen) atoms. The van der Waals surface area contributed by atoms with E-state index >= 15 is 0 Å². The van der Waals surface area contributed by atoms with Crippen LogP contribution in [0.3, 0.4) is 0 Å². The molecule has 0 aromatic carbocycles. The summed E-state index contributed by atoms with van der Waals surface area (Å²) in [6, 6.07) is 0. The summed E-state index contributed by atoms with van der Waals surface area (Å²) in [5.41, 5.74) is 0. The van der Waals surface area contributed by atoms with Gasteiger partial charge in [0.05, 0.1) is 0 Å². The molecule has 0 aliphatic heterocycles. The molecule has 4 heteroatoms. The van der Waals surface area contributed by atoms with E-state index in [1.54, 1.807) is 0 Å². The summed E-state index contributed by atoms with van der Waals surface area (Å²) >= 11 is 7.51. The summed E-state index contributed by atoms with van der Waals surface area (Å²) in [7, 11) is 0. The van der Waals surface area contributed by atoms with Gasteiger partial charge in [-0.15, -0.1) is 0 Å². The Balaban J connectivity index is 0. The van der Waals surface area contributed by atoms with Gasteiger partial charge >= 0.3 is 65.1 Å². The molecule has 0 amide bonds. The molecule has 0 saturated carbocycles. The minimum absolute atomic E-state index is 0. The first kappa shape index (κ1) is 10.7. The van der Waals surface area contributed by atoms with Gasteiger partial charge in [-0.1, -0.05) is 7.43 Å². The van der Waals surface area contributed by atoms with E-state index in [9.17, 15) is 0 Å². The maximum atomic E-state index is 2.50. The fraction of sp³-hybridized carbons (Fsp3) is 0. The van der Waals surface area contributed by atoms with Crippen molar-refractivity contribution in [2.75, 3.05) is 0 Å². The van der Waals surface area contributed by atoms with Crippen LogP contribution < -0.4 is 0 Å². The molecule has 33 valence electrons. The summed E-state index contributed by atoms with van der Waals surface area (Å²) < 4.78 is -0.569. The molecular formula is CH4GeI3. The van der Waals surface area contributed by atoms with Crippen LogP contribution in [0.25, 0.3) is 0 Å². The van der Waals surface area contributed by atoms with E-state index in [2.05, 4.69) is 60.6 Å². The number of rotatable bonds is 0. The third-order valence-corrected chi connectivity index (χ3v) is 0. The van der Waals surface area contributed by atoms with Gasteiger partial charge in [-0.2, -0.15) is 0 Å². The Bertz CT molecular complexity index is 11.6. The van der Waals surface area contributed by atoms with Gasteiger partial charge in [-0.25, -0.2) is 0 Å². The molecule has 0 fully saturated rings. The van der Waals surface area contributed by atoms with Gasteiger partial charge in [-0.05, 0) is 0 Å². The van der Waals surface area contributed by atoms with Crippen molar-refractivity contribution < 1.29 is 0 Å². The van der Waals surface area contributed by atoms with E-state index in [1.165, 1.54) is 0 Å². The Morgan fingerprint density at radius 1 is 1.00 bits per heavy atom. The molecule has 0 aliphatic carbocycles. The zero-order valence-electron chi connectivity index (χ0n) is 2.71. The molecule has 0 saturated heterocycles. The average Bonchev–Trinajstić information content (AvgIpc) is 0.811. The van der Waals surface area contributed by atoms with Crippen LogP contribution in [0.4, 0.5) is 0 Å². The molecular weight excluding hydrogens is 465 g/mol. The molecule has 0 rings (SSSR count). The monoisotopic (exact) mass is 471 g/mol. The summed E-state index contributed by atoms with van der Waals surface area (Å²) in [6.45, 7) is 0. The van der Waals surface area contributed by atoms with Crippen LogP contribution in [0.1, 0.15) is 0 Å². The van der Waals surface area contributed by atoms with Gasteiger partial charge in [0.2, 0.25) is 0 Å². The van der Waals surface area contributed by atoms with Crippen molar-refractivity contribution in [1.82, 2.24) is 0 Å². The third-order valence-electron chi connectivity index (χ3n) is 0. The van der Waals surface area contributed by atoms with E-state index in [4.69, 9.17) is 0 Å². The summed E-state index contributed by atoms with van der Waals surface area (Å²) in [6.07, 6.45) is 0.